The van der Waals surface area contributed by atoms with E-state index in [0.717, 1.165) is 38.9 Å². The third kappa shape index (κ3) is 5.12. The molecule has 0 saturated carbocycles. The van der Waals surface area contributed by atoms with E-state index in [1.165, 1.54) is 0 Å². The fourth-order valence-corrected chi connectivity index (χ4v) is 5.65. The minimum atomic E-state index is -0.832. The maximum absolute atomic E-state index is 5.12. The molecule has 44 heavy (non-hydrogen) atoms. The lowest BCUT2D eigenvalue weighted by Crippen LogP contribution is -2.39. The molecule has 212 valence electrons. The highest BCUT2D eigenvalue weighted by Crippen LogP contribution is 2.40. The number of tetrazole rings is 1. The van der Waals surface area contributed by atoms with E-state index in [9.17, 15) is 0 Å². The largest absolute Gasteiger partial charge is 0.350 e. The third-order valence-electron chi connectivity index (χ3n) is 7.74. The zero-order valence-corrected chi connectivity index (χ0v) is 23.9. The molecule has 1 N–H and O–H groups in total. The van der Waals surface area contributed by atoms with Crippen LogP contribution in [0.15, 0.2) is 158 Å². The van der Waals surface area contributed by atoms with Gasteiger partial charge in [-0.25, -0.2) is 9.97 Å². The first-order valence-corrected chi connectivity index (χ1v) is 14.5. The molecular weight excluding hydrogens is 542 g/mol. The normalized spacial score (nSPS) is 11.3. The van der Waals surface area contributed by atoms with Crippen molar-refractivity contribution in [1.29, 1.82) is 0 Å². The molecule has 0 unspecified atom stereocenters. The van der Waals surface area contributed by atoms with E-state index in [-0.39, 0.29) is 0 Å². The Morgan fingerprint density at radius 2 is 1.07 bits per heavy atom. The minimum absolute atomic E-state index is 0.555. The number of anilines is 1. The summed E-state index contributed by atoms with van der Waals surface area (Å²) in [7, 11) is 0. The number of hydrogen-bond acceptors (Lipinski definition) is 6. The van der Waals surface area contributed by atoms with E-state index in [4.69, 9.17) is 10.3 Å². The molecule has 5 aromatic carbocycles. The lowest BCUT2D eigenvalue weighted by molar-refractivity contribution is 0.396. The van der Waals surface area contributed by atoms with Gasteiger partial charge in [0.2, 0.25) is 11.8 Å². The van der Waals surface area contributed by atoms with Crippen molar-refractivity contribution >= 4 is 5.95 Å². The molecule has 0 saturated heterocycles. The molecule has 7 rings (SSSR count). The van der Waals surface area contributed by atoms with Crippen LogP contribution in [0, 0.1) is 0 Å². The van der Waals surface area contributed by atoms with Gasteiger partial charge in [0, 0.05) is 24.5 Å². The molecule has 0 aliphatic carbocycles. The topological polar surface area (TPSA) is 81.4 Å². The molecule has 0 fully saturated rings. The first kappa shape index (κ1) is 26.9. The molecule has 0 radical (unpaired) electrons. The van der Waals surface area contributed by atoms with E-state index in [1.54, 1.807) is 23.3 Å². The molecule has 0 aliphatic rings. The Hall–Kier alpha value is -5.95. The molecule has 0 aliphatic heterocycles. The van der Waals surface area contributed by atoms with Crippen molar-refractivity contribution in [2.45, 2.75) is 12.1 Å². The molecule has 7 nitrogen and oxygen atoms in total. The Morgan fingerprint density at radius 1 is 0.545 bits per heavy atom. The van der Waals surface area contributed by atoms with Gasteiger partial charge in [0.15, 0.2) is 5.54 Å². The second kappa shape index (κ2) is 12.1. The summed E-state index contributed by atoms with van der Waals surface area (Å²) >= 11 is 0. The van der Waals surface area contributed by atoms with Crippen molar-refractivity contribution in [2.75, 3.05) is 5.32 Å². The van der Waals surface area contributed by atoms with Gasteiger partial charge in [-0.1, -0.05) is 140 Å². The van der Waals surface area contributed by atoms with Gasteiger partial charge in [-0.3, -0.25) is 0 Å². The Balaban J connectivity index is 1.29. The molecule has 0 atom stereocenters. The summed E-state index contributed by atoms with van der Waals surface area (Å²) in [5.74, 6) is 1.16. The molecule has 7 aromatic rings. The van der Waals surface area contributed by atoms with Crippen molar-refractivity contribution < 1.29 is 0 Å². The highest BCUT2D eigenvalue weighted by molar-refractivity contribution is 5.80. The van der Waals surface area contributed by atoms with Gasteiger partial charge in [0.05, 0.1) is 0 Å². The van der Waals surface area contributed by atoms with Crippen LogP contribution >= 0.6 is 0 Å². The molecule has 7 heteroatoms. The average molecular weight is 572 g/mol. The first-order chi connectivity index (χ1) is 21.8. The first-order valence-electron chi connectivity index (χ1n) is 14.5. The minimum Gasteiger partial charge on any atom is -0.350 e. The number of benzene rings is 5. The van der Waals surface area contributed by atoms with Crippen molar-refractivity contribution in [2.24, 2.45) is 0 Å². The summed E-state index contributed by atoms with van der Waals surface area (Å²) in [5, 5.41) is 17.8. The van der Waals surface area contributed by atoms with Crippen molar-refractivity contribution in [3.05, 3.63) is 180 Å². The van der Waals surface area contributed by atoms with E-state index in [2.05, 4.69) is 124 Å². The number of rotatable bonds is 9. The second-order valence-electron chi connectivity index (χ2n) is 10.4. The predicted octanol–water partition coefficient (Wildman–Crippen LogP) is 7.25. The standard InChI is InChI=1S/C37H29N7/c1-4-13-30(14-5-1)37(31-15-6-2-7-16-31,32-17-8-3-9-18-32)44-42-35(41-43-44)34-20-11-10-19-33(34)29-23-21-28(22-24-29)27-40-36-38-25-12-26-39-36/h1-26H,27H2,(H,38,39,40). The van der Waals surface area contributed by atoms with E-state index in [0.29, 0.717) is 18.3 Å². The van der Waals surface area contributed by atoms with Crippen molar-refractivity contribution in [3.63, 3.8) is 0 Å². The van der Waals surface area contributed by atoms with Gasteiger partial charge in [-0.05, 0) is 44.7 Å². The second-order valence-corrected chi connectivity index (χ2v) is 10.4. The van der Waals surface area contributed by atoms with Gasteiger partial charge >= 0.3 is 0 Å². The van der Waals surface area contributed by atoms with Crippen LogP contribution in [0.4, 0.5) is 5.95 Å². The highest BCUT2D eigenvalue weighted by atomic mass is 15.6. The lowest BCUT2D eigenvalue weighted by atomic mass is 9.77. The predicted molar refractivity (Wildman–Crippen MR) is 173 cm³/mol. The summed E-state index contributed by atoms with van der Waals surface area (Å²) in [4.78, 5) is 10.2. The molecular formula is C37H29N7. The van der Waals surface area contributed by atoms with Crippen molar-refractivity contribution in [3.8, 4) is 22.5 Å². The summed E-state index contributed by atoms with van der Waals surface area (Å²) < 4.78 is 0. The Kier molecular flexibility index (Phi) is 7.41. The summed E-state index contributed by atoms with van der Waals surface area (Å²) in [5.41, 5.74) is 6.42. The van der Waals surface area contributed by atoms with Gasteiger partial charge < -0.3 is 5.32 Å². The maximum Gasteiger partial charge on any atom is 0.222 e. The average Bonchev–Trinajstić information content (AvgIpc) is 3.60. The Bertz CT molecular complexity index is 1840. The third-order valence-corrected chi connectivity index (χ3v) is 7.74. The van der Waals surface area contributed by atoms with Crippen LogP contribution in [-0.2, 0) is 12.1 Å². The Morgan fingerprint density at radius 3 is 1.64 bits per heavy atom. The number of nitrogens with zero attached hydrogens (tertiary/aromatic N) is 6. The van der Waals surface area contributed by atoms with Crippen LogP contribution in [-0.4, -0.2) is 30.2 Å². The van der Waals surface area contributed by atoms with Crippen LogP contribution in [0.1, 0.15) is 22.3 Å². The Labute approximate surface area is 255 Å². The molecule has 0 bridgehead atoms. The van der Waals surface area contributed by atoms with Crippen LogP contribution in [0.2, 0.25) is 0 Å². The van der Waals surface area contributed by atoms with Gasteiger partial charge in [-0.2, -0.15) is 0 Å². The number of nitrogens with one attached hydrogen (secondary N) is 1. The van der Waals surface area contributed by atoms with Gasteiger partial charge in [-0.15, -0.1) is 15.0 Å². The monoisotopic (exact) mass is 571 g/mol. The smallest absolute Gasteiger partial charge is 0.222 e. The van der Waals surface area contributed by atoms with Crippen LogP contribution < -0.4 is 5.32 Å². The zero-order valence-electron chi connectivity index (χ0n) is 23.9. The van der Waals surface area contributed by atoms with Crippen LogP contribution in [0.3, 0.4) is 0 Å². The SMILES string of the molecule is c1ccc(C(c2ccccc2)(c2ccccc2)n2nnc(-c3ccccc3-c3ccc(CNc4ncccn4)cc3)n2)cc1. The molecule has 0 amide bonds. The van der Waals surface area contributed by atoms with E-state index in [1.807, 2.05) is 36.4 Å². The summed E-state index contributed by atoms with van der Waals surface area (Å²) in [6, 6.07) is 49.6. The molecule has 2 heterocycles. The lowest BCUT2D eigenvalue weighted by Gasteiger charge is -2.34. The van der Waals surface area contributed by atoms with Gasteiger partial charge in [0.25, 0.3) is 0 Å². The fraction of sp³-hybridized carbons (Fsp3) is 0.0541. The highest BCUT2D eigenvalue weighted by Gasteiger charge is 2.41. The number of aromatic nitrogens is 6. The van der Waals surface area contributed by atoms with Crippen molar-refractivity contribution in [1.82, 2.24) is 30.2 Å². The fourth-order valence-electron chi connectivity index (χ4n) is 5.65. The molecule has 2 aromatic heterocycles. The molecule has 0 spiro atoms. The van der Waals surface area contributed by atoms with Crippen LogP contribution in [0.5, 0.6) is 0 Å². The summed E-state index contributed by atoms with van der Waals surface area (Å²) in [6.07, 6.45) is 3.45. The quantitative estimate of drug-likeness (QED) is 0.184. The van der Waals surface area contributed by atoms with Crippen LogP contribution in [0.25, 0.3) is 22.5 Å². The maximum atomic E-state index is 5.12. The zero-order chi connectivity index (χ0) is 29.6. The number of hydrogen-bond donors (Lipinski definition) is 1. The summed E-state index contributed by atoms with van der Waals surface area (Å²) in [6.45, 7) is 0.627. The van der Waals surface area contributed by atoms with E-state index < -0.39 is 5.54 Å². The van der Waals surface area contributed by atoms with Gasteiger partial charge in [0.1, 0.15) is 0 Å². The van der Waals surface area contributed by atoms with E-state index >= 15 is 0 Å².